The van der Waals surface area contributed by atoms with Crippen LogP contribution in [-0.4, -0.2) is 19.2 Å². The first-order valence-electron chi connectivity index (χ1n) is 5.46. The molecule has 0 atom stereocenters. The molecule has 0 unspecified atom stereocenters. The van der Waals surface area contributed by atoms with Gasteiger partial charge in [-0.3, -0.25) is 0 Å². The van der Waals surface area contributed by atoms with Gasteiger partial charge in [0.05, 0.1) is 25.5 Å². The summed E-state index contributed by atoms with van der Waals surface area (Å²) >= 11 is 1.63. The van der Waals surface area contributed by atoms with Crippen LogP contribution in [0.25, 0.3) is 10.6 Å². The highest BCUT2D eigenvalue weighted by Gasteiger charge is 2.13. The molecule has 0 aliphatic carbocycles. The van der Waals surface area contributed by atoms with Gasteiger partial charge in [-0.05, 0) is 18.6 Å². The standard InChI is InChI=1S/C13H15NO2S/c1-4-9-8-17-13(14-9)10-6-5-7-11(15-2)12(10)16-3/h5-8H,4H2,1-3H3. The molecule has 0 spiro atoms. The fraction of sp³-hybridized carbons (Fsp3) is 0.308. The second kappa shape index (κ2) is 5.19. The lowest BCUT2D eigenvalue weighted by atomic mass is 10.2. The minimum Gasteiger partial charge on any atom is -0.493 e. The van der Waals surface area contributed by atoms with Crippen molar-refractivity contribution < 1.29 is 9.47 Å². The SMILES string of the molecule is CCc1csc(-c2cccc(OC)c2OC)n1. The molecule has 0 aliphatic rings. The Labute approximate surface area is 105 Å². The van der Waals surface area contributed by atoms with Crippen LogP contribution in [0.4, 0.5) is 0 Å². The van der Waals surface area contributed by atoms with Crippen LogP contribution >= 0.6 is 11.3 Å². The number of thiazole rings is 1. The maximum absolute atomic E-state index is 5.41. The summed E-state index contributed by atoms with van der Waals surface area (Å²) in [6.45, 7) is 2.10. The fourth-order valence-corrected chi connectivity index (χ4v) is 2.57. The molecular formula is C13H15NO2S. The lowest BCUT2D eigenvalue weighted by molar-refractivity contribution is 0.356. The van der Waals surface area contributed by atoms with Crippen molar-refractivity contribution in [3.05, 3.63) is 29.3 Å². The van der Waals surface area contributed by atoms with Crippen LogP contribution in [0.3, 0.4) is 0 Å². The second-order valence-corrected chi connectivity index (χ2v) is 4.40. The van der Waals surface area contributed by atoms with Crippen LogP contribution < -0.4 is 9.47 Å². The summed E-state index contributed by atoms with van der Waals surface area (Å²) in [5.41, 5.74) is 2.09. The van der Waals surface area contributed by atoms with Gasteiger partial charge in [0.2, 0.25) is 0 Å². The Bertz CT molecular complexity index is 508. The molecule has 1 aromatic carbocycles. The first-order chi connectivity index (χ1) is 8.30. The molecule has 17 heavy (non-hydrogen) atoms. The summed E-state index contributed by atoms with van der Waals surface area (Å²) < 4.78 is 10.7. The lowest BCUT2D eigenvalue weighted by Crippen LogP contribution is -1.93. The monoisotopic (exact) mass is 249 g/mol. The minimum atomic E-state index is 0.734. The number of rotatable bonds is 4. The van der Waals surface area contributed by atoms with Crippen molar-refractivity contribution in [2.24, 2.45) is 0 Å². The number of ether oxygens (including phenoxy) is 2. The van der Waals surface area contributed by atoms with Crippen molar-refractivity contribution in [3.8, 4) is 22.1 Å². The number of nitrogens with zero attached hydrogens (tertiary/aromatic N) is 1. The van der Waals surface area contributed by atoms with Gasteiger partial charge >= 0.3 is 0 Å². The number of methoxy groups -OCH3 is 2. The van der Waals surface area contributed by atoms with Gasteiger partial charge in [-0.25, -0.2) is 4.98 Å². The summed E-state index contributed by atoms with van der Waals surface area (Å²) in [6, 6.07) is 5.83. The van der Waals surface area contributed by atoms with E-state index < -0.39 is 0 Å². The highest BCUT2D eigenvalue weighted by molar-refractivity contribution is 7.13. The van der Waals surface area contributed by atoms with Gasteiger partial charge in [-0.2, -0.15) is 0 Å². The summed E-state index contributed by atoms with van der Waals surface area (Å²) in [5.74, 6) is 1.48. The van der Waals surface area contributed by atoms with Gasteiger partial charge in [0.1, 0.15) is 5.01 Å². The molecule has 2 aromatic rings. The zero-order valence-electron chi connectivity index (χ0n) is 10.2. The van der Waals surface area contributed by atoms with E-state index in [0.29, 0.717) is 0 Å². The molecule has 0 aliphatic heterocycles. The maximum Gasteiger partial charge on any atom is 0.170 e. The third kappa shape index (κ3) is 2.26. The van der Waals surface area contributed by atoms with Crippen LogP contribution in [0.15, 0.2) is 23.6 Å². The number of benzene rings is 1. The average molecular weight is 249 g/mol. The molecule has 0 saturated carbocycles. The topological polar surface area (TPSA) is 31.4 Å². The molecule has 1 aromatic heterocycles. The van der Waals surface area contributed by atoms with E-state index in [0.717, 1.165) is 34.2 Å². The molecule has 0 radical (unpaired) electrons. The molecule has 1 heterocycles. The third-order valence-corrected chi connectivity index (χ3v) is 3.47. The van der Waals surface area contributed by atoms with Crippen molar-refractivity contribution in [3.63, 3.8) is 0 Å². The largest absolute Gasteiger partial charge is 0.493 e. The summed E-state index contributed by atoms with van der Waals surface area (Å²) in [7, 11) is 3.29. The van der Waals surface area contributed by atoms with Crippen LogP contribution in [0.1, 0.15) is 12.6 Å². The quantitative estimate of drug-likeness (QED) is 0.832. The second-order valence-electron chi connectivity index (χ2n) is 3.54. The molecular weight excluding hydrogens is 234 g/mol. The van der Waals surface area contributed by atoms with E-state index in [4.69, 9.17) is 9.47 Å². The van der Waals surface area contributed by atoms with E-state index in [2.05, 4.69) is 17.3 Å². The molecule has 0 fully saturated rings. The van der Waals surface area contributed by atoms with Gasteiger partial charge in [0.25, 0.3) is 0 Å². The van der Waals surface area contributed by atoms with Gasteiger partial charge in [0.15, 0.2) is 11.5 Å². The maximum atomic E-state index is 5.41. The highest BCUT2D eigenvalue weighted by atomic mass is 32.1. The van der Waals surface area contributed by atoms with E-state index >= 15 is 0 Å². The van der Waals surface area contributed by atoms with Crippen molar-refractivity contribution >= 4 is 11.3 Å². The number of hydrogen-bond acceptors (Lipinski definition) is 4. The lowest BCUT2D eigenvalue weighted by Gasteiger charge is -2.10. The Morgan fingerprint density at radius 3 is 2.65 bits per heavy atom. The summed E-state index contributed by atoms with van der Waals surface area (Å²) in [5, 5.41) is 3.05. The molecule has 0 saturated heterocycles. The Morgan fingerprint density at radius 1 is 1.24 bits per heavy atom. The fourth-order valence-electron chi connectivity index (χ4n) is 1.65. The summed E-state index contributed by atoms with van der Waals surface area (Å²) in [4.78, 5) is 4.57. The van der Waals surface area contributed by atoms with Crippen LogP contribution in [0.5, 0.6) is 11.5 Å². The van der Waals surface area contributed by atoms with E-state index in [1.54, 1.807) is 25.6 Å². The number of para-hydroxylation sites is 1. The molecule has 0 N–H and O–H groups in total. The van der Waals surface area contributed by atoms with E-state index in [1.165, 1.54) is 0 Å². The Kier molecular flexibility index (Phi) is 3.64. The Morgan fingerprint density at radius 2 is 2.06 bits per heavy atom. The van der Waals surface area contributed by atoms with Gasteiger partial charge < -0.3 is 9.47 Å². The van der Waals surface area contributed by atoms with Crippen LogP contribution in [0, 0.1) is 0 Å². The average Bonchev–Trinajstić information content (AvgIpc) is 2.86. The first kappa shape index (κ1) is 11.9. The first-order valence-corrected chi connectivity index (χ1v) is 6.33. The van der Waals surface area contributed by atoms with E-state index in [-0.39, 0.29) is 0 Å². The van der Waals surface area contributed by atoms with Crippen LogP contribution in [0.2, 0.25) is 0 Å². The molecule has 3 nitrogen and oxygen atoms in total. The molecule has 0 bridgehead atoms. The minimum absolute atomic E-state index is 0.734. The van der Waals surface area contributed by atoms with Gasteiger partial charge in [-0.1, -0.05) is 13.0 Å². The normalized spacial score (nSPS) is 10.3. The smallest absolute Gasteiger partial charge is 0.170 e. The number of aryl methyl sites for hydroxylation is 1. The summed E-state index contributed by atoms with van der Waals surface area (Å²) in [6.07, 6.45) is 0.947. The van der Waals surface area contributed by atoms with Crippen molar-refractivity contribution in [2.75, 3.05) is 14.2 Å². The van der Waals surface area contributed by atoms with E-state index in [1.807, 2.05) is 18.2 Å². The zero-order chi connectivity index (χ0) is 12.3. The number of hydrogen-bond donors (Lipinski definition) is 0. The predicted octanol–water partition coefficient (Wildman–Crippen LogP) is 3.39. The van der Waals surface area contributed by atoms with E-state index in [9.17, 15) is 0 Å². The zero-order valence-corrected chi connectivity index (χ0v) is 11.0. The van der Waals surface area contributed by atoms with Crippen molar-refractivity contribution in [1.29, 1.82) is 0 Å². The van der Waals surface area contributed by atoms with Gasteiger partial charge in [0, 0.05) is 5.38 Å². The molecule has 2 rings (SSSR count). The third-order valence-electron chi connectivity index (χ3n) is 2.55. The Hall–Kier alpha value is -1.55. The predicted molar refractivity (Wildman–Crippen MR) is 70.0 cm³/mol. The van der Waals surface area contributed by atoms with Crippen molar-refractivity contribution in [2.45, 2.75) is 13.3 Å². The Balaban J connectivity index is 2.50. The van der Waals surface area contributed by atoms with Crippen molar-refractivity contribution in [1.82, 2.24) is 4.98 Å². The molecule has 90 valence electrons. The molecule has 4 heteroatoms. The van der Waals surface area contributed by atoms with Crippen LogP contribution in [-0.2, 0) is 6.42 Å². The molecule has 0 amide bonds. The number of aromatic nitrogens is 1. The highest BCUT2D eigenvalue weighted by Crippen LogP contribution is 2.38. The van der Waals surface area contributed by atoms with Gasteiger partial charge in [-0.15, -0.1) is 11.3 Å².